The van der Waals surface area contributed by atoms with E-state index in [-0.39, 0.29) is 0 Å². The lowest BCUT2D eigenvalue weighted by atomic mass is 10.0. The van der Waals surface area contributed by atoms with Crippen LogP contribution in [0.5, 0.6) is 0 Å². The van der Waals surface area contributed by atoms with E-state index in [1.54, 1.807) is 6.33 Å². The molecule has 2 rings (SSSR count). The number of hydrogen-bond donors (Lipinski definition) is 1. The topological polar surface area (TPSA) is 42.7 Å². The summed E-state index contributed by atoms with van der Waals surface area (Å²) in [5, 5.41) is 11.2. The molecule has 0 spiro atoms. The van der Waals surface area contributed by atoms with Gasteiger partial charge in [-0.2, -0.15) is 0 Å². The molecule has 0 aliphatic rings. The first kappa shape index (κ1) is 10.8. The molecule has 0 aliphatic carbocycles. The van der Waals surface area contributed by atoms with Gasteiger partial charge in [-0.25, -0.2) is 0 Å². The van der Waals surface area contributed by atoms with E-state index in [9.17, 15) is 0 Å². The van der Waals surface area contributed by atoms with Gasteiger partial charge in [0.15, 0.2) is 5.82 Å². The standard InChI is InChI=1S/C12H16N4/c1-13-8-7-10-5-3-4-6-11(10)12-15-14-9-16(12)2/h3-6,9,13H,7-8H2,1-2H3. The molecular weight excluding hydrogens is 200 g/mol. The van der Waals surface area contributed by atoms with Crippen molar-refractivity contribution < 1.29 is 0 Å². The number of benzene rings is 1. The Hall–Kier alpha value is -1.68. The summed E-state index contributed by atoms with van der Waals surface area (Å²) in [6, 6.07) is 8.33. The molecule has 16 heavy (non-hydrogen) atoms. The zero-order valence-corrected chi connectivity index (χ0v) is 9.64. The first-order chi connectivity index (χ1) is 7.83. The zero-order valence-electron chi connectivity index (χ0n) is 9.64. The molecule has 1 N–H and O–H groups in total. The van der Waals surface area contributed by atoms with Gasteiger partial charge in [-0.05, 0) is 25.6 Å². The molecule has 0 bridgehead atoms. The van der Waals surface area contributed by atoms with E-state index in [1.807, 2.05) is 24.7 Å². The average Bonchev–Trinajstić information content (AvgIpc) is 2.73. The van der Waals surface area contributed by atoms with Gasteiger partial charge in [0.1, 0.15) is 6.33 Å². The molecule has 1 aromatic carbocycles. The van der Waals surface area contributed by atoms with E-state index in [1.165, 1.54) is 5.56 Å². The molecule has 0 saturated carbocycles. The molecule has 0 atom stereocenters. The second kappa shape index (κ2) is 4.90. The number of likely N-dealkylation sites (N-methyl/N-ethyl adjacent to an activating group) is 1. The van der Waals surface area contributed by atoms with E-state index in [0.29, 0.717) is 0 Å². The van der Waals surface area contributed by atoms with Crippen molar-refractivity contribution in [1.29, 1.82) is 0 Å². The Morgan fingerprint density at radius 2 is 2.12 bits per heavy atom. The molecule has 0 aliphatic heterocycles. The Morgan fingerprint density at radius 1 is 1.31 bits per heavy atom. The van der Waals surface area contributed by atoms with Crippen LogP contribution in [-0.2, 0) is 13.5 Å². The number of aromatic nitrogens is 3. The Labute approximate surface area is 95.3 Å². The van der Waals surface area contributed by atoms with E-state index in [4.69, 9.17) is 0 Å². The highest BCUT2D eigenvalue weighted by Crippen LogP contribution is 2.20. The maximum Gasteiger partial charge on any atom is 0.163 e. The molecule has 4 nitrogen and oxygen atoms in total. The van der Waals surface area contributed by atoms with Crippen molar-refractivity contribution in [1.82, 2.24) is 20.1 Å². The van der Waals surface area contributed by atoms with Crippen LogP contribution < -0.4 is 5.32 Å². The van der Waals surface area contributed by atoms with E-state index in [0.717, 1.165) is 24.4 Å². The smallest absolute Gasteiger partial charge is 0.163 e. The average molecular weight is 216 g/mol. The molecule has 0 fully saturated rings. The van der Waals surface area contributed by atoms with Crippen molar-refractivity contribution in [3.05, 3.63) is 36.2 Å². The third-order valence-corrected chi connectivity index (χ3v) is 2.61. The maximum atomic E-state index is 4.15. The molecule has 0 radical (unpaired) electrons. The van der Waals surface area contributed by atoms with Gasteiger partial charge in [0.25, 0.3) is 0 Å². The number of rotatable bonds is 4. The van der Waals surface area contributed by atoms with Crippen molar-refractivity contribution in [3.8, 4) is 11.4 Å². The second-order valence-corrected chi connectivity index (χ2v) is 3.78. The summed E-state index contributed by atoms with van der Waals surface area (Å²) >= 11 is 0. The van der Waals surface area contributed by atoms with Crippen LogP contribution in [0.25, 0.3) is 11.4 Å². The molecule has 0 unspecified atom stereocenters. The lowest BCUT2D eigenvalue weighted by molar-refractivity contribution is 0.791. The number of nitrogens with zero attached hydrogens (tertiary/aromatic N) is 3. The van der Waals surface area contributed by atoms with Crippen LogP contribution in [0.1, 0.15) is 5.56 Å². The minimum absolute atomic E-state index is 0.923. The number of nitrogens with one attached hydrogen (secondary N) is 1. The highest BCUT2D eigenvalue weighted by atomic mass is 15.2. The summed E-state index contributed by atoms with van der Waals surface area (Å²) in [6.45, 7) is 0.967. The molecule has 4 heteroatoms. The lowest BCUT2D eigenvalue weighted by Gasteiger charge is -2.08. The van der Waals surface area contributed by atoms with Gasteiger partial charge in [0, 0.05) is 12.6 Å². The normalized spacial score (nSPS) is 10.6. The van der Waals surface area contributed by atoms with Gasteiger partial charge in [0.2, 0.25) is 0 Å². The third kappa shape index (κ3) is 2.12. The van der Waals surface area contributed by atoms with E-state index < -0.39 is 0 Å². The van der Waals surface area contributed by atoms with Crippen LogP contribution in [0.2, 0.25) is 0 Å². The molecule has 1 aromatic heterocycles. The minimum atomic E-state index is 0.923. The molecule has 84 valence electrons. The summed E-state index contributed by atoms with van der Waals surface area (Å²) in [6.07, 6.45) is 2.73. The molecular formula is C12H16N4. The molecule has 0 amide bonds. The maximum absolute atomic E-state index is 4.15. The fourth-order valence-electron chi connectivity index (χ4n) is 1.74. The van der Waals surface area contributed by atoms with Gasteiger partial charge in [-0.3, -0.25) is 0 Å². The Bertz CT molecular complexity index is 462. The summed E-state index contributed by atoms with van der Waals surface area (Å²) in [7, 11) is 3.93. The predicted octanol–water partition coefficient (Wildman–Crippen LogP) is 1.24. The summed E-state index contributed by atoms with van der Waals surface area (Å²) in [5.74, 6) is 0.923. The van der Waals surface area contributed by atoms with Gasteiger partial charge in [0.05, 0.1) is 0 Å². The van der Waals surface area contributed by atoms with Crippen molar-refractivity contribution in [2.45, 2.75) is 6.42 Å². The highest BCUT2D eigenvalue weighted by Gasteiger charge is 2.08. The molecule has 2 aromatic rings. The zero-order chi connectivity index (χ0) is 11.4. The second-order valence-electron chi connectivity index (χ2n) is 3.78. The van der Waals surface area contributed by atoms with Gasteiger partial charge in [-0.1, -0.05) is 24.3 Å². The summed E-state index contributed by atoms with van der Waals surface area (Å²) in [5.41, 5.74) is 2.46. The number of aryl methyl sites for hydroxylation is 1. The monoisotopic (exact) mass is 216 g/mol. The third-order valence-electron chi connectivity index (χ3n) is 2.61. The minimum Gasteiger partial charge on any atom is -0.319 e. The SMILES string of the molecule is CNCCc1ccccc1-c1nncn1C. The summed E-state index contributed by atoms with van der Waals surface area (Å²) < 4.78 is 1.94. The fourth-order valence-corrected chi connectivity index (χ4v) is 1.74. The lowest BCUT2D eigenvalue weighted by Crippen LogP contribution is -2.11. The van der Waals surface area contributed by atoms with Crippen LogP contribution in [0.4, 0.5) is 0 Å². The van der Waals surface area contributed by atoms with Gasteiger partial charge < -0.3 is 9.88 Å². The van der Waals surface area contributed by atoms with Crippen molar-refractivity contribution >= 4 is 0 Å². The Morgan fingerprint density at radius 3 is 2.81 bits per heavy atom. The van der Waals surface area contributed by atoms with E-state index >= 15 is 0 Å². The highest BCUT2D eigenvalue weighted by molar-refractivity contribution is 5.60. The molecule has 0 saturated heterocycles. The van der Waals surface area contributed by atoms with Crippen molar-refractivity contribution in [2.75, 3.05) is 13.6 Å². The van der Waals surface area contributed by atoms with Crippen molar-refractivity contribution in [3.63, 3.8) is 0 Å². The van der Waals surface area contributed by atoms with Crippen LogP contribution >= 0.6 is 0 Å². The predicted molar refractivity (Wildman–Crippen MR) is 64.1 cm³/mol. The summed E-state index contributed by atoms with van der Waals surface area (Å²) in [4.78, 5) is 0. The first-order valence-corrected chi connectivity index (χ1v) is 5.40. The van der Waals surface area contributed by atoms with E-state index in [2.05, 4.69) is 33.7 Å². The molecule has 1 heterocycles. The quantitative estimate of drug-likeness (QED) is 0.836. The fraction of sp³-hybridized carbons (Fsp3) is 0.333. The van der Waals surface area contributed by atoms with Gasteiger partial charge >= 0.3 is 0 Å². The van der Waals surface area contributed by atoms with Crippen LogP contribution in [-0.4, -0.2) is 28.4 Å². The van der Waals surface area contributed by atoms with Gasteiger partial charge in [-0.15, -0.1) is 10.2 Å². The Kier molecular flexibility index (Phi) is 3.31. The van der Waals surface area contributed by atoms with Crippen molar-refractivity contribution in [2.24, 2.45) is 7.05 Å². The number of hydrogen-bond acceptors (Lipinski definition) is 3. The largest absolute Gasteiger partial charge is 0.319 e. The van der Waals surface area contributed by atoms with Crippen LogP contribution in [0.15, 0.2) is 30.6 Å². The van der Waals surface area contributed by atoms with Crippen LogP contribution in [0.3, 0.4) is 0 Å². The Balaban J connectivity index is 2.37. The first-order valence-electron chi connectivity index (χ1n) is 5.40. The van der Waals surface area contributed by atoms with Crippen LogP contribution in [0, 0.1) is 0 Å².